The first kappa shape index (κ1) is 16.7. The number of aromatic nitrogens is 2. The Hall–Kier alpha value is -2.50. The second-order valence-corrected chi connectivity index (χ2v) is 8.17. The van der Waals surface area contributed by atoms with Gasteiger partial charge in [-0.1, -0.05) is 48.5 Å². The highest BCUT2D eigenvalue weighted by molar-refractivity contribution is 6.60. The fourth-order valence-corrected chi connectivity index (χ4v) is 3.74. The molecule has 2 heterocycles. The summed E-state index contributed by atoms with van der Waals surface area (Å²) in [6.07, 6.45) is 1.90. The summed E-state index contributed by atoms with van der Waals surface area (Å²) in [5.74, 6) is 0. The first-order valence-corrected chi connectivity index (χ1v) is 9.29. The van der Waals surface area contributed by atoms with E-state index in [2.05, 4.69) is 47.4 Å². The van der Waals surface area contributed by atoms with Crippen LogP contribution < -0.4 is 5.72 Å². The number of hydrogen-bond donors (Lipinski definition) is 0. The van der Waals surface area contributed by atoms with Crippen LogP contribution >= 0.6 is 0 Å². The van der Waals surface area contributed by atoms with E-state index < -0.39 is 18.3 Å². The van der Waals surface area contributed by atoms with Gasteiger partial charge in [0.1, 0.15) is 0 Å². The zero-order valence-corrected chi connectivity index (χ0v) is 16.0. The van der Waals surface area contributed by atoms with Gasteiger partial charge in [-0.05, 0) is 43.9 Å². The van der Waals surface area contributed by atoms with Gasteiger partial charge in [0.2, 0.25) is 0 Å². The Morgan fingerprint density at radius 2 is 1.19 bits per heavy atom. The number of rotatable bonds is 1. The van der Waals surface area contributed by atoms with Crippen molar-refractivity contribution in [3.8, 4) is 0 Å². The summed E-state index contributed by atoms with van der Waals surface area (Å²) in [7, 11) is -0.565. The van der Waals surface area contributed by atoms with Gasteiger partial charge in [0, 0.05) is 17.0 Å². The molecule has 0 radical (unpaired) electrons. The molecular formula is C22H21BN2O2. The average Bonchev–Trinajstić information content (AvgIpc) is 2.89. The minimum absolute atomic E-state index is 0.415. The number of fused-ring (bicyclic) bond motifs is 6. The van der Waals surface area contributed by atoms with Gasteiger partial charge in [0.15, 0.2) is 5.72 Å². The lowest BCUT2D eigenvalue weighted by Crippen LogP contribution is -2.41. The van der Waals surface area contributed by atoms with Crippen LogP contribution in [-0.4, -0.2) is 28.3 Å². The first-order chi connectivity index (χ1) is 12.9. The normalized spacial score (nSPS) is 18.6. The van der Waals surface area contributed by atoms with E-state index in [4.69, 9.17) is 14.3 Å². The molecule has 3 aromatic carbocycles. The molecule has 1 aliphatic rings. The molecule has 4 aromatic rings. The maximum Gasteiger partial charge on any atom is 0.534 e. The molecule has 1 saturated heterocycles. The van der Waals surface area contributed by atoms with Gasteiger partial charge < -0.3 is 9.31 Å². The minimum atomic E-state index is -0.565. The van der Waals surface area contributed by atoms with E-state index >= 15 is 0 Å². The molecule has 0 unspecified atom stereocenters. The van der Waals surface area contributed by atoms with E-state index in [1.54, 1.807) is 0 Å². The Kier molecular flexibility index (Phi) is 3.40. The van der Waals surface area contributed by atoms with Gasteiger partial charge in [0.05, 0.1) is 16.7 Å². The van der Waals surface area contributed by atoms with Crippen molar-refractivity contribution in [1.82, 2.24) is 9.97 Å². The van der Waals surface area contributed by atoms with E-state index in [-0.39, 0.29) is 0 Å². The number of hydrogen-bond acceptors (Lipinski definition) is 4. The lowest BCUT2D eigenvalue weighted by atomic mass is 9.88. The van der Waals surface area contributed by atoms with Gasteiger partial charge in [0.25, 0.3) is 0 Å². The second kappa shape index (κ2) is 5.50. The predicted octanol–water partition coefficient (Wildman–Crippen LogP) is 4.24. The summed E-state index contributed by atoms with van der Waals surface area (Å²) in [5, 5.41) is 5.73. The molecular weight excluding hydrogens is 335 g/mol. The van der Waals surface area contributed by atoms with Crippen molar-refractivity contribution < 1.29 is 9.31 Å². The summed E-state index contributed by atoms with van der Waals surface area (Å²) in [5.41, 5.74) is 0.675. The van der Waals surface area contributed by atoms with Crippen molar-refractivity contribution in [2.24, 2.45) is 0 Å². The van der Waals surface area contributed by atoms with Crippen LogP contribution in [0.25, 0.3) is 32.4 Å². The maximum absolute atomic E-state index is 6.15. The highest BCUT2D eigenvalue weighted by Gasteiger charge is 2.53. The minimum Gasteiger partial charge on any atom is -0.397 e. The molecule has 4 nitrogen and oxygen atoms in total. The summed E-state index contributed by atoms with van der Waals surface area (Å²) in [4.78, 5) is 9.52. The zero-order chi connectivity index (χ0) is 18.8. The van der Waals surface area contributed by atoms with Crippen molar-refractivity contribution in [1.29, 1.82) is 0 Å². The molecule has 0 N–H and O–H groups in total. The van der Waals surface area contributed by atoms with Gasteiger partial charge in [-0.15, -0.1) is 0 Å². The smallest absolute Gasteiger partial charge is 0.397 e. The third-order valence-electron chi connectivity index (χ3n) is 5.96. The summed E-state index contributed by atoms with van der Waals surface area (Å²) in [6.45, 7) is 8.15. The van der Waals surface area contributed by atoms with Crippen LogP contribution in [-0.2, 0) is 9.31 Å². The Labute approximate surface area is 158 Å². The topological polar surface area (TPSA) is 44.2 Å². The average molecular weight is 356 g/mol. The van der Waals surface area contributed by atoms with E-state index in [1.165, 1.54) is 10.8 Å². The van der Waals surface area contributed by atoms with Gasteiger partial charge in [-0.3, -0.25) is 0 Å². The molecule has 0 spiro atoms. The number of nitrogens with zero attached hydrogens (tertiary/aromatic N) is 2. The third kappa shape index (κ3) is 2.39. The van der Waals surface area contributed by atoms with Crippen LogP contribution in [0.5, 0.6) is 0 Å². The quantitative estimate of drug-likeness (QED) is 0.378. The lowest BCUT2D eigenvalue weighted by molar-refractivity contribution is 0.00578. The Morgan fingerprint density at radius 3 is 1.78 bits per heavy atom. The van der Waals surface area contributed by atoms with Crippen molar-refractivity contribution >= 4 is 45.3 Å². The highest BCUT2D eigenvalue weighted by atomic mass is 16.7. The molecule has 1 aliphatic heterocycles. The zero-order valence-electron chi connectivity index (χ0n) is 16.0. The van der Waals surface area contributed by atoms with Crippen LogP contribution in [0.2, 0.25) is 0 Å². The summed E-state index contributed by atoms with van der Waals surface area (Å²) < 4.78 is 12.3. The molecule has 1 aromatic heterocycles. The number of benzene rings is 3. The molecule has 1 fully saturated rings. The fourth-order valence-electron chi connectivity index (χ4n) is 3.74. The molecule has 134 valence electrons. The molecule has 0 atom stereocenters. The summed E-state index contributed by atoms with van der Waals surface area (Å²) in [6, 6.07) is 16.8. The van der Waals surface area contributed by atoms with Crippen LogP contribution in [0.3, 0.4) is 0 Å². The van der Waals surface area contributed by atoms with E-state index in [9.17, 15) is 0 Å². The van der Waals surface area contributed by atoms with Crippen LogP contribution in [0.1, 0.15) is 27.7 Å². The summed E-state index contributed by atoms with van der Waals surface area (Å²) >= 11 is 0. The molecule has 0 amide bonds. The van der Waals surface area contributed by atoms with E-state index in [0.717, 1.165) is 21.7 Å². The van der Waals surface area contributed by atoms with Crippen LogP contribution in [0.15, 0.2) is 54.7 Å². The van der Waals surface area contributed by atoms with E-state index in [1.807, 2.05) is 40.0 Å². The molecule has 0 saturated carbocycles. The van der Waals surface area contributed by atoms with Crippen LogP contribution in [0, 0.1) is 0 Å². The van der Waals surface area contributed by atoms with Crippen molar-refractivity contribution in [3.63, 3.8) is 0 Å². The second-order valence-electron chi connectivity index (χ2n) is 8.17. The molecule has 0 aliphatic carbocycles. The van der Waals surface area contributed by atoms with E-state index in [0.29, 0.717) is 5.72 Å². The van der Waals surface area contributed by atoms with Gasteiger partial charge >= 0.3 is 7.12 Å². The fraction of sp³-hybridized carbons (Fsp3) is 0.273. The SMILES string of the molecule is CC1(C)OB(c2ncc3c4ccccc4c4ccccc4c3n2)OC1(C)C. The van der Waals surface area contributed by atoms with Crippen molar-refractivity contribution in [2.45, 2.75) is 38.9 Å². The van der Waals surface area contributed by atoms with Gasteiger partial charge in [-0.25, -0.2) is 9.97 Å². The van der Waals surface area contributed by atoms with Crippen molar-refractivity contribution in [2.75, 3.05) is 0 Å². The Morgan fingerprint density at radius 1 is 0.704 bits per heavy atom. The molecule has 27 heavy (non-hydrogen) atoms. The molecule has 0 bridgehead atoms. The predicted molar refractivity (Wildman–Crippen MR) is 110 cm³/mol. The highest BCUT2D eigenvalue weighted by Crippen LogP contribution is 2.37. The standard InChI is InChI=1S/C22H21BN2O2/c1-21(2)22(3,4)27-23(26-21)20-24-13-18-16-11-6-5-9-14(16)15-10-7-8-12-17(15)19(18)25-20/h5-13H,1-4H3. The monoisotopic (exact) mass is 356 g/mol. The Balaban J connectivity index is 1.78. The maximum atomic E-state index is 6.15. The molecule has 5 rings (SSSR count). The van der Waals surface area contributed by atoms with Crippen molar-refractivity contribution in [3.05, 3.63) is 54.7 Å². The van der Waals surface area contributed by atoms with Gasteiger partial charge in [-0.2, -0.15) is 0 Å². The largest absolute Gasteiger partial charge is 0.534 e. The van der Waals surface area contributed by atoms with Crippen LogP contribution in [0.4, 0.5) is 0 Å². The third-order valence-corrected chi connectivity index (χ3v) is 5.96. The molecule has 5 heteroatoms. The first-order valence-electron chi connectivity index (χ1n) is 9.29. The lowest BCUT2D eigenvalue weighted by Gasteiger charge is -2.32. The Bertz CT molecular complexity index is 1150.